The quantitative estimate of drug-likeness (QED) is 0.864. The molecular formula is C14H16N2O2. The van der Waals surface area contributed by atoms with E-state index >= 15 is 0 Å². The molecule has 0 atom stereocenters. The second-order valence-electron chi connectivity index (χ2n) is 4.91. The van der Waals surface area contributed by atoms with Crippen LogP contribution in [0, 0.1) is 0 Å². The number of aliphatic hydroxyl groups excluding tert-OH is 1. The van der Waals surface area contributed by atoms with Gasteiger partial charge >= 0.3 is 0 Å². The third kappa shape index (κ3) is 2.65. The van der Waals surface area contributed by atoms with Crippen LogP contribution < -0.4 is 5.32 Å². The molecule has 2 rings (SSSR count). The second kappa shape index (κ2) is 4.74. The van der Waals surface area contributed by atoms with Crippen LogP contribution >= 0.6 is 0 Å². The van der Waals surface area contributed by atoms with Crippen molar-refractivity contribution in [2.24, 2.45) is 0 Å². The molecule has 0 aliphatic rings. The van der Waals surface area contributed by atoms with Crippen molar-refractivity contribution in [3.8, 4) is 0 Å². The highest BCUT2D eigenvalue weighted by molar-refractivity contribution is 5.98. The Bertz CT molecular complexity index is 579. The zero-order chi connectivity index (χ0) is 13.2. The molecule has 1 aromatic heterocycles. The zero-order valence-electron chi connectivity index (χ0n) is 10.5. The number of aromatic nitrogens is 1. The molecule has 18 heavy (non-hydrogen) atoms. The minimum Gasteiger partial charge on any atom is -0.394 e. The number of benzene rings is 1. The van der Waals surface area contributed by atoms with Crippen LogP contribution in [0.25, 0.3) is 10.9 Å². The molecule has 0 aliphatic carbocycles. The summed E-state index contributed by atoms with van der Waals surface area (Å²) in [5.74, 6) is -0.195. The molecule has 0 aliphatic heterocycles. The molecule has 0 spiro atoms. The van der Waals surface area contributed by atoms with Crippen LogP contribution in [0.15, 0.2) is 36.5 Å². The largest absolute Gasteiger partial charge is 0.394 e. The summed E-state index contributed by atoms with van der Waals surface area (Å²) >= 11 is 0. The molecule has 94 valence electrons. The number of pyridine rings is 1. The highest BCUT2D eigenvalue weighted by Crippen LogP contribution is 2.14. The molecule has 0 saturated carbocycles. The summed E-state index contributed by atoms with van der Waals surface area (Å²) in [7, 11) is 0. The van der Waals surface area contributed by atoms with E-state index in [0.717, 1.165) is 10.9 Å². The lowest BCUT2D eigenvalue weighted by atomic mass is 10.1. The number of carbonyl (C=O) groups is 1. The smallest absolute Gasteiger partial charge is 0.251 e. The highest BCUT2D eigenvalue weighted by atomic mass is 16.3. The van der Waals surface area contributed by atoms with Gasteiger partial charge in [-0.15, -0.1) is 0 Å². The molecule has 1 heterocycles. The van der Waals surface area contributed by atoms with Crippen molar-refractivity contribution in [3.63, 3.8) is 0 Å². The molecule has 1 amide bonds. The fraction of sp³-hybridized carbons (Fsp3) is 0.286. The van der Waals surface area contributed by atoms with E-state index in [4.69, 9.17) is 5.11 Å². The first-order valence-corrected chi connectivity index (χ1v) is 5.80. The summed E-state index contributed by atoms with van der Waals surface area (Å²) in [6.45, 7) is 3.44. The van der Waals surface area contributed by atoms with E-state index in [0.29, 0.717) is 5.56 Å². The van der Waals surface area contributed by atoms with Crippen LogP contribution in [-0.2, 0) is 0 Å². The SMILES string of the molecule is CC(C)(CO)NC(=O)c1ccc2ncccc2c1. The van der Waals surface area contributed by atoms with Gasteiger partial charge in [0.15, 0.2) is 0 Å². The van der Waals surface area contributed by atoms with E-state index in [2.05, 4.69) is 10.3 Å². The Labute approximate surface area is 106 Å². The van der Waals surface area contributed by atoms with Gasteiger partial charge in [0.25, 0.3) is 5.91 Å². The lowest BCUT2D eigenvalue weighted by Crippen LogP contribution is -2.46. The van der Waals surface area contributed by atoms with Crippen molar-refractivity contribution < 1.29 is 9.90 Å². The van der Waals surface area contributed by atoms with Crippen molar-refractivity contribution in [2.45, 2.75) is 19.4 Å². The zero-order valence-corrected chi connectivity index (χ0v) is 10.5. The van der Waals surface area contributed by atoms with Crippen LogP contribution in [0.2, 0.25) is 0 Å². The van der Waals surface area contributed by atoms with Gasteiger partial charge in [-0.25, -0.2) is 0 Å². The lowest BCUT2D eigenvalue weighted by molar-refractivity contribution is 0.0869. The molecule has 2 aromatic rings. The lowest BCUT2D eigenvalue weighted by Gasteiger charge is -2.23. The predicted octanol–water partition coefficient (Wildman–Crippen LogP) is 1.74. The average molecular weight is 244 g/mol. The van der Waals surface area contributed by atoms with Crippen LogP contribution in [-0.4, -0.2) is 28.1 Å². The molecule has 0 bridgehead atoms. The molecule has 0 fully saturated rings. The maximum Gasteiger partial charge on any atom is 0.251 e. The van der Waals surface area contributed by atoms with Gasteiger partial charge in [0.2, 0.25) is 0 Å². The summed E-state index contributed by atoms with van der Waals surface area (Å²) < 4.78 is 0. The number of aliphatic hydroxyl groups is 1. The molecule has 4 heteroatoms. The second-order valence-corrected chi connectivity index (χ2v) is 4.91. The van der Waals surface area contributed by atoms with Crippen molar-refractivity contribution in [3.05, 3.63) is 42.1 Å². The number of nitrogens with zero attached hydrogens (tertiary/aromatic N) is 1. The average Bonchev–Trinajstić information content (AvgIpc) is 2.37. The number of nitrogens with one attached hydrogen (secondary N) is 1. The Kier molecular flexibility index (Phi) is 3.30. The highest BCUT2D eigenvalue weighted by Gasteiger charge is 2.19. The van der Waals surface area contributed by atoms with Gasteiger partial charge < -0.3 is 10.4 Å². The van der Waals surface area contributed by atoms with Crippen molar-refractivity contribution >= 4 is 16.8 Å². The standard InChI is InChI=1S/C14H16N2O2/c1-14(2,9-17)16-13(18)11-5-6-12-10(8-11)4-3-7-15-12/h3-8,17H,9H2,1-2H3,(H,16,18). The number of hydrogen-bond donors (Lipinski definition) is 2. The summed E-state index contributed by atoms with van der Waals surface area (Å²) in [5.41, 5.74) is 0.800. The Balaban J connectivity index is 2.28. The van der Waals surface area contributed by atoms with Gasteiger partial charge in [0.1, 0.15) is 0 Å². The molecule has 4 nitrogen and oxygen atoms in total. The van der Waals surface area contributed by atoms with Gasteiger partial charge in [-0.1, -0.05) is 6.07 Å². The topological polar surface area (TPSA) is 62.2 Å². The van der Waals surface area contributed by atoms with Crippen LogP contribution in [0.3, 0.4) is 0 Å². The first kappa shape index (κ1) is 12.5. The van der Waals surface area contributed by atoms with Crippen LogP contribution in [0.5, 0.6) is 0 Å². The Morgan fingerprint density at radius 1 is 1.39 bits per heavy atom. The maximum absolute atomic E-state index is 12.0. The van der Waals surface area contributed by atoms with Gasteiger partial charge in [0.05, 0.1) is 17.7 Å². The monoisotopic (exact) mass is 244 g/mol. The van der Waals surface area contributed by atoms with E-state index in [9.17, 15) is 4.79 Å². The number of rotatable bonds is 3. The minimum atomic E-state index is -0.624. The summed E-state index contributed by atoms with van der Waals surface area (Å²) in [4.78, 5) is 16.2. The molecular weight excluding hydrogens is 228 g/mol. The van der Waals surface area contributed by atoms with Crippen molar-refractivity contribution in [1.29, 1.82) is 0 Å². The number of hydrogen-bond acceptors (Lipinski definition) is 3. The summed E-state index contributed by atoms with van der Waals surface area (Å²) in [5, 5.41) is 12.8. The van der Waals surface area contributed by atoms with E-state index in [1.54, 1.807) is 32.2 Å². The molecule has 0 radical (unpaired) electrons. The van der Waals surface area contributed by atoms with Gasteiger partial charge in [-0.05, 0) is 38.1 Å². The Hall–Kier alpha value is -1.94. The molecule has 0 unspecified atom stereocenters. The summed E-state index contributed by atoms with van der Waals surface area (Å²) in [6, 6.07) is 9.09. The van der Waals surface area contributed by atoms with Gasteiger partial charge in [0, 0.05) is 17.1 Å². The van der Waals surface area contributed by atoms with Crippen LogP contribution in [0.1, 0.15) is 24.2 Å². The Morgan fingerprint density at radius 2 is 2.17 bits per heavy atom. The van der Waals surface area contributed by atoms with E-state index in [1.165, 1.54) is 0 Å². The normalized spacial score (nSPS) is 11.5. The van der Waals surface area contributed by atoms with E-state index in [1.807, 2.05) is 18.2 Å². The van der Waals surface area contributed by atoms with E-state index in [-0.39, 0.29) is 12.5 Å². The fourth-order valence-electron chi connectivity index (χ4n) is 1.64. The predicted molar refractivity (Wildman–Crippen MR) is 70.4 cm³/mol. The first-order chi connectivity index (χ1) is 8.52. The van der Waals surface area contributed by atoms with Gasteiger partial charge in [-0.2, -0.15) is 0 Å². The molecule has 1 aromatic carbocycles. The Morgan fingerprint density at radius 3 is 2.89 bits per heavy atom. The fourth-order valence-corrected chi connectivity index (χ4v) is 1.64. The van der Waals surface area contributed by atoms with Crippen LogP contribution in [0.4, 0.5) is 0 Å². The number of carbonyl (C=O) groups excluding carboxylic acids is 1. The third-order valence-electron chi connectivity index (χ3n) is 2.71. The van der Waals surface area contributed by atoms with E-state index < -0.39 is 5.54 Å². The van der Waals surface area contributed by atoms with Crippen molar-refractivity contribution in [1.82, 2.24) is 10.3 Å². The minimum absolute atomic E-state index is 0.103. The van der Waals surface area contributed by atoms with Crippen molar-refractivity contribution in [2.75, 3.05) is 6.61 Å². The summed E-state index contributed by atoms with van der Waals surface area (Å²) in [6.07, 6.45) is 1.72. The van der Waals surface area contributed by atoms with Gasteiger partial charge in [-0.3, -0.25) is 9.78 Å². The molecule has 2 N–H and O–H groups in total. The molecule has 0 saturated heterocycles. The first-order valence-electron chi connectivity index (χ1n) is 5.80. The number of fused-ring (bicyclic) bond motifs is 1. The number of amides is 1. The third-order valence-corrected chi connectivity index (χ3v) is 2.71. The maximum atomic E-state index is 12.0.